The van der Waals surface area contributed by atoms with Crippen molar-refractivity contribution in [3.05, 3.63) is 11.7 Å². The van der Waals surface area contributed by atoms with Gasteiger partial charge in [0.1, 0.15) is 6.10 Å². The smallest absolute Gasteiger partial charge is 0.231 e. The minimum absolute atomic E-state index is 0.0821. The van der Waals surface area contributed by atoms with E-state index in [4.69, 9.17) is 15.0 Å². The fourth-order valence-electron chi connectivity index (χ4n) is 2.17. The van der Waals surface area contributed by atoms with E-state index in [-0.39, 0.29) is 12.0 Å². The van der Waals surface area contributed by atoms with Gasteiger partial charge in [0, 0.05) is 19.6 Å². The van der Waals surface area contributed by atoms with Crippen LogP contribution in [0.2, 0.25) is 0 Å². The number of aromatic nitrogens is 2. The standard InChI is InChI=1S/C12H22N4O2/c1-3-4-9(7-13)12-14-11(15-18-12)10-8-16(2)5-6-17-10/h9-10H,3-8,13H2,1-2H3. The van der Waals surface area contributed by atoms with Gasteiger partial charge in [-0.2, -0.15) is 4.98 Å². The maximum absolute atomic E-state index is 5.73. The van der Waals surface area contributed by atoms with Crippen LogP contribution in [0.25, 0.3) is 0 Å². The van der Waals surface area contributed by atoms with E-state index in [1.165, 1.54) is 0 Å². The highest BCUT2D eigenvalue weighted by atomic mass is 16.5. The Balaban J connectivity index is 2.04. The molecule has 0 aliphatic carbocycles. The van der Waals surface area contributed by atoms with Crippen LogP contribution in [0.1, 0.15) is 43.5 Å². The summed E-state index contributed by atoms with van der Waals surface area (Å²) >= 11 is 0. The Kier molecular flexibility index (Phi) is 4.68. The first kappa shape index (κ1) is 13.5. The molecule has 0 radical (unpaired) electrons. The quantitative estimate of drug-likeness (QED) is 0.841. The first-order valence-electron chi connectivity index (χ1n) is 6.58. The number of rotatable bonds is 5. The molecule has 0 spiro atoms. The molecule has 2 N–H and O–H groups in total. The fraction of sp³-hybridized carbons (Fsp3) is 0.833. The summed E-state index contributed by atoms with van der Waals surface area (Å²) in [5.74, 6) is 1.45. The molecule has 2 heterocycles. The number of morpholine rings is 1. The molecule has 1 aliphatic rings. The molecule has 0 saturated carbocycles. The van der Waals surface area contributed by atoms with Gasteiger partial charge in [0.25, 0.3) is 0 Å². The third-order valence-corrected chi connectivity index (χ3v) is 3.29. The zero-order chi connectivity index (χ0) is 13.0. The molecule has 0 aromatic carbocycles. The van der Waals surface area contributed by atoms with Crippen molar-refractivity contribution in [2.24, 2.45) is 5.73 Å². The highest BCUT2D eigenvalue weighted by Crippen LogP contribution is 2.23. The summed E-state index contributed by atoms with van der Waals surface area (Å²) in [7, 11) is 2.07. The lowest BCUT2D eigenvalue weighted by molar-refractivity contribution is -0.0264. The van der Waals surface area contributed by atoms with Gasteiger partial charge in [0.15, 0.2) is 0 Å². The highest BCUT2D eigenvalue weighted by molar-refractivity contribution is 4.98. The van der Waals surface area contributed by atoms with Crippen molar-refractivity contribution in [2.75, 3.05) is 33.3 Å². The van der Waals surface area contributed by atoms with Crippen molar-refractivity contribution < 1.29 is 9.26 Å². The largest absolute Gasteiger partial charge is 0.367 e. The van der Waals surface area contributed by atoms with E-state index in [0.717, 1.165) is 25.9 Å². The summed E-state index contributed by atoms with van der Waals surface area (Å²) in [5, 5.41) is 4.03. The van der Waals surface area contributed by atoms with Crippen LogP contribution in [-0.4, -0.2) is 48.3 Å². The topological polar surface area (TPSA) is 77.4 Å². The summed E-state index contributed by atoms with van der Waals surface area (Å²) in [5.41, 5.74) is 5.73. The number of nitrogens with zero attached hydrogens (tertiary/aromatic N) is 3. The van der Waals surface area contributed by atoms with E-state index >= 15 is 0 Å². The lowest BCUT2D eigenvalue weighted by Crippen LogP contribution is -2.35. The second kappa shape index (κ2) is 6.26. The molecule has 1 aromatic rings. The Morgan fingerprint density at radius 3 is 3.06 bits per heavy atom. The van der Waals surface area contributed by atoms with Crippen LogP contribution in [0.15, 0.2) is 4.52 Å². The molecule has 0 bridgehead atoms. The lowest BCUT2D eigenvalue weighted by atomic mass is 10.0. The predicted molar refractivity (Wildman–Crippen MR) is 67.2 cm³/mol. The number of hydrogen-bond acceptors (Lipinski definition) is 6. The van der Waals surface area contributed by atoms with Crippen LogP contribution >= 0.6 is 0 Å². The van der Waals surface area contributed by atoms with Crippen molar-refractivity contribution in [2.45, 2.75) is 31.8 Å². The van der Waals surface area contributed by atoms with Gasteiger partial charge < -0.3 is 19.9 Å². The zero-order valence-electron chi connectivity index (χ0n) is 11.1. The number of nitrogens with two attached hydrogens (primary N) is 1. The molecule has 2 unspecified atom stereocenters. The van der Waals surface area contributed by atoms with Crippen LogP contribution in [0.4, 0.5) is 0 Å². The summed E-state index contributed by atoms with van der Waals surface area (Å²) in [6, 6.07) is 0. The van der Waals surface area contributed by atoms with Crippen molar-refractivity contribution in [3.8, 4) is 0 Å². The second-order valence-electron chi connectivity index (χ2n) is 4.83. The van der Waals surface area contributed by atoms with Gasteiger partial charge in [0.05, 0.1) is 12.5 Å². The van der Waals surface area contributed by atoms with Gasteiger partial charge in [-0.25, -0.2) is 0 Å². The predicted octanol–water partition coefficient (Wildman–Crippen LogP) is 0.915. The first-order chi connectivity index (χ1) is 8.74. The maximum Gasteiger partial charge on any atom is 0.231 e. The average molecular weight is 254 g/mol. The van der Waals surface area contributed by atoms with Gasteiger partial charge in [-0.15, -0.1) is 0 Å². The van der Waals surface area contributed by atoms with Gasteiger partial charge in [-0.3, -0.25) is 0 Å². The molecule has 102 valence electrons. The monoisotopic (exact) mass is 254 g/mol. The number of hydrogen-bond donors (Lipinski definition) is 1. The number of ether oxygens (including phenoxy) is 1. The average Bonchev–Trinajstić information content (AvgIpc) is 2.85. The summed E-state index contributed by atoms with van der Waals surface area (Å²) in [6.07, 6.45) is 1.95. The Morgan fingerprint density at radius 1 is 1.56 bits per heavy atom. The van der Waals surface area contributed by atoms with E-state index in [1.54, 1.807) is 0 Å². The molecular weight excluding hydrogens is 232 g/mol. The molecule has 2 atom stereocenters. The normalized spacial score (nSPS) is 23.2. The highest BCUT2D eigenvalue weighted by Gasteiger charge is 2.26. The molecule has 0 amide bonds. The maximum atomic E-state index is 5.73. The van der Waals surface area contributed by atoms with Crippen molar-refractivity contribution in [3.63, 3.8) is 0 Å². The molecule has 6 nitrogen and oxygen atoms in total. The fourth-order valence-corrected chi connectivity index (χ4v) is 2.17. The van der Waals surface area contributed by atoms with Crippen LogP contribution in [0, 0.1) is 0 Å². The summed E-state index contributed by atoms with van der Waals surface area (Å²) in [4.78, 5) is 6.65. The van der Waals surface area contributed by atoms with Crippen molar-refractivity contribution in [1.29, 1.82) is 0 Å². The third kappa shape index (κ3) is 3.07. The van der Waals surface area contributed by atoms with E-state index in [0.29, 0.717) is 24.9 Å². The Labute approximate surface area is 107 Å². The van der Waals surface area contributed by atoms with Crippen LogP contribution < -0.4 is 5.73 Å². The Bertz CT molecular complexity index is 369. The minimum atomic E-state index is -0.0821. The van der Waals surface area contributed by atoms with E-state index in [1.807, 2.05) is 0 Å². The summed E-state index contributed by atoms with van der Waals surface area (Å²) < 4.78 is 11.0. The Hall–Kier alpha value is -0.980. The van der Waals surface area contributed by atoms with E-state index < -0.39 is 0 Å². The van der Waals surface area contributed by atoms with Crippen molar-refractivity contribution in [1.82, 2.24) is 15.0 Å². The summed E-state index contributed by atoms with van der Waals surface area (Å²) in [6.45, 7) is 5.13. The van der Waals surface area contributed by atoms with Crippen LogP contribution in [-0.2, 0) is 4.74 Å². The minimum Gasteiger partial charge on any atom is -0.367 e. The molecule has 2 rings (SSSR count). The lowest BCUT2D eigenvalue weighted by Gasteiger charge is -2.27. The van der Waals surface area contributed by atoms with Gasteiger partial charge in [-0.1, -0.05) is 18.5 Å². The van der Waals surface area contributed by atoms with Gasteiger partial charge in [0.2, 0.25) is 11.7 Å². The SMILES string of the molecule is CCCC(CN)c1nc(C2CN(C)CCO2)no1. The second-order valence-corrected chi connectivity index (χ2v) is 4.83. The Morgan fingerprint density at radius 2 is 2.39 bits per heavy atom. The van der Waals surface area contributed by atoms with E-state index in [9.17, 15) is 0 Å². The molecule has 18 heavy (non-hydrogen) atoms. The zero-order valence-corrected chi connectivity index (χ0v) is 11.1. The molecule has 1 aromatic heterocycles. The van der Waals surface area contributed by atoms with Gasteiger partial charge >= 0.3 is 0 Å². The number of likely N-dealkylation sites (N-methyl/N-ethyl adjacent to an activating group) is 1. The van der Waals surface area contributed by atoms with Crippen LogP contribution in [0.5, 0.6) is 0 Å². The molecule has 1 aliphatic heterocycles. The molecule has 1 fully saturated rings. The van der Waals surface area contributed by atoms with Gasteiger partial charge in [-0.05, 0) is 13.5 Å². The van der Waals surface area contributed by atoms with Crippen LogP contribution in [0.3, 0.4) is 0 Å². The third-order valence-electron chi connectivity index (χ3n) is 3.29. The molecule has 6 heteroatoms. The van der Waals surface area contributed by atoms with Crippen molar-refractivity contribution >= 4 is 0 Å². The van der Waals surface area contributed by atoms with E-state index in [2.05, 4.69) is 29.0 Å². The molecular formula is C12H22N4O2. The molecule has 1 saturated heterocycles. The first-order valence-corrected chi connectivity index (χ1v) is 6.58.